The van der Waals surface area contributed by atoms with Crippen molar-refractivity contribution in [2.75, 3.05) is 19.6 Å². The van der Waals surface area contributed by atoms with E-state index in [9.17, 15) is 0 Å². The van der Waals surface area contributed by atoms with Crippen molar-refractivity contribution >= 4 is 0 Å². The Hall–Kier alpha value is -0.860. The fourth-order valence-electron chi connectivity index (χ4n) is 2.31. The Bertz CT molecular complexity index is 341. The van der Waals surface area contributed by atoms with Gasteiger partial charge in [0.15, 0.2) is 0 Å². The van der Waals surface area contributed by atoms with E-state index in [1.807, 2.05) is 0 Å². The first kappa shape index (κ1) is 16.2. The zero-order valence-electron chi connectivity index (χ0n) is 12.8. The normalized spacial score (nSPS) is 11.8. The molecule has 0 amide bonds. The molecule has 0 fully saturated rings. The topological polar surface area (TPSA) is 38.0 Å². The number of hydrogen-bond acceptors (Lipinski definition) is 2. The average Bonchev–Trinajstić information content (AvgIpc) is 2.39. The minimum atomic E-state index is 0.188. The highest BCUT2D eigenvalue weighted by molar-refractivity contribution is 5.28. The maximum atomic E-state index is 5.50. The van der Waals surface area contributed by atoms with Crippen LogP contribution in [0.2, 0.25) is 0 Å². The van der Waals surface area contributed by atoms with Crippen LogP contribution in [0.5, 0.6) is 0 Å². The van der Waals surface area contributed by atoms with Crippen LogP contribution < -0.4 is 11.1 Å². The molecule has 19 heavy (non-hydrogen) atoms. The summed E-state index contributed by atoms with van der Waals surface area (Å²) in [5.74, 6) is 0. The van der Waals surface area contributed by atoms with Crippen LogP contribution in [0.3, 0.4) is 0 Å². The van der Waals surface area contributed by atoms with Gasteiger partial charge in [0, 0.05) is 12.0 Å². The standard InChI is InChI=1S/C17H30N2/c1-4-7-15-8-10-16(11-9-15)17(2,3)14-19-13-6-5-12-18/h8-11,19H,4-7,12-14,18H2,1-3H3. The predicted molar refractivity (Wildman–Crippen MR) is 84.6 cm³/mol. The first-order chi connectivity index (χ1) is 9.10. The molecule has 2 heteroatoms. The highest BCUT2D eigenvalue weighted by atomic mass is 14.9. The third-order valence-corrected chi connectivity index (χ3v) is 3.65. The second-order valence-electron chi connectivity index (χ2n) is 6.00. The number of rotatable bonds is 9. The number of aryl methyl sites for hydroxylation is 1. The van der Waals surface area contributed by atoms with Gasteiger partial charge in [-0.2, -0.15) is 0 Å². The molecule has 3 N–H and O–H groups in total. The van der Waals surface area contributed by atoms with Crippen LogP contribution in [-0.2, 0) is 11.8 Å². The van der Waals surface area contributed by atoms with Gasteiger partial charge in [0.25, 0.3) is 0 Å². The van der Waals surface area contributed by atoms with Crippen molar-refractivity contribution in [2.24, 2.45) is 5.73 Å². The smallest absolute Gasteiger partial charge is 0.00431 e. The predicted octanol–water partition coefficient (Wildman–Crippen LogP) is 3.25. The van der Waals surface area contributed by atoms with Crippen molar-refractivity contribution < 1.29 is 0 Å². The Labute approximate surface area is 118 Å². The molecule has 0 saturated carbocycles. The molecule has 0 bridgehead atoms. The van der Waals surface area contributed by atoms with Gasteiger partial charge < -0.3 is 11.1 Å². The van der Waals surface area contributed by atoms with Gasteiger partial charge in [-0.3, -0.25) is 0 Å². The summed E-state index contributed by atoms with van der Waals surface area (Å²) < 4.78 is 0. The van der Waals surface area contributed by atoms with Crippen LogP contribution in [0.4, 0.5) is 0 Å². The van der Waals surface area contributed by atoms with Crippen LogP contribution >= 0.6 is 0 Å². The number of benzene rings is 1. The molecule has 0 radical (unpaired) electrons. The van der Waals surface area contributed by atoms with Gasteiger partial charge in [-0.15, -0.1) is 0 Å². The molecular formula is C17H30N2. The first-order valence-corrected chi connectivity index (χ1v) is 7.60. The van der Waals surface area contributed by atoms with Gasteiger partial charge >= 0.3 is 0 Å². The van der Waals surface area contributed by atoms with Gasteiger partial charge in [0.2, 0.25) is 0 Å². The second kappa shape index (κ2) is 8.34. The number of hydrogen-bond donors (Lipinski definition) is 2. The van der Waals surface area contributed by atoms with Crippen molar-refractivity contribution in [2.45, 2.75) is 51.9 Å². The lowest BCUT2D eigenvalue weighted by Gasteiger charge is -2.26. The Balaban J connectivity index is 2.46. The van der Waals surface area contributed by atoms with Crippen molar-refractivity contribution in [3.8, 4) is 0 Å². The minimum Gasteiger partial charge on any atom is -0.330 e. The largest absolute Gasteiger partial charge is 0.330 e. The Morgan fingerprint density at radius 2 is 1.79 bits per heavy atom. The summed E-state index contributed by atoms with van der Waals surface area (Å²) in [6, 6.07) is 9.11. The quantitative estimate of drug-likeness (QED) is 0.670. The van der Waals surface area contributed by atoms with Crippen LogP contribution in [0.15, 0.2) is 24.3 Å². The van der Waals surface area contributed by atoms with Gasteiger partial charge in [-0.25, -0.2) is 0 Å². The summed E-state index contributed by atoms with van der Waals surface area (Å²) in [6.07, 6.45) is 4.67. The molecule has 0 aliphatic carbocycles. The van der Waals surface area contributed by atoms with Crippen LogP contribution in [-0.4, -0.2) is 19.6 Å². The van der Waals surface area contributed by atoms with Crippen LogP contribution in [0, 0.1) is 0 Å². The van der Waals surface area contributed by atoms with Gasteiger partial charge in [0.1, 0.15) is 0 Å². The van der Waals surface area contributed by atoms with E-state index in [4.69, 9.17) is 5.73 Å². The first-order valence-electron chi connectivity index (χ1n) is 7.60. The summed E-state index contributed by atoms with van der Waals surface area (Å²) >= 11 is 0. The van der Waals surface area contributed by atoms with E-state index in [1.54, 1.807) is 0 Å². The molecule has 1 aromatic carbocycles. The number of nitrogens with one attached hydrogen (secondary N) is 1. The van der Waals surface area contributed by atoms with Crippen molar-refractivity contribution in [3.05, 3.63) is 35.4 Å². The van der Waals surface area contributed by atoms with E-state index in [0.29, 0.717) is 0 Å². The van der Waals surface area contributed by atoms with E-state index < -0.39 is 0 Å². The Morgan fingerprint density at radius 3 is 2.37 bits per heavy atom. The average molecular weight is 262 g/mol. The zero-order chi connectivity index (χ0) is 14.1. The molecular weight excluding hydrogens is 232 g/mol. The third kappa shape index (κ3) is 5.75. The zero-order valence-corrected chi connectivity index (χ0v) is 12.8. The molecule has 1 aromatic rings. The molecule has 2 nitrogen and oxygen atoms in total. The lowest BCUT2D eigenvalue weighted by atomic mass is 9.84. The maximum absolute atomic E-state index is 5.50. The van der Waals surface area contributed by atoms with Gasteiger partial charge in [0.05, 0.1) is 0 Å². The highest BCUT2D eigenvalue weighted by Crippen LogP contribution is 2.23. The molecule has 0 unspecified atom stereocenters. The van der Waals surface area contributed by atoms with E-state index in [0.717, 1.165) is 26.1 Å². The molecule has 1 rings (SSSR count). The molecule has 0 saturated heterocycles. The molecule has 0 heterocycles. The number of unbranched alkanes of at least 4 members (excludes halogenated alkanes) is 1. The third-order valence-electron chi connectivity index (χ3n) is 3.65. The molecule has 0 aromatic heterocycles. The van der Waals surface area contributed by atoms with Crippen molar-refractivity contribution in [1.29, 1.82) is 0 Å². The molecule has 0 atom stereocenters. The summed E-state index contributed by atoms with van der Waals surface area (Å²) in [5, 5.41) is 3.54. The summed E-state index contributed by atoms with van der Waals surface area (Å²) in [7, 11) is 0. The summed E-state index contributed by atoms with van der Waals surface area (Å²) in [6.45, 7) is 9.71. The van der Waals surface area contributed by atoms with Crippen LogP contribution in [0.1, 0.15) is 51.2 Å². The fourth-order valence-corrected chi connectivity index (χ4v) is 2.31. The molecule has 0 aliphatic rings. The van der Waals surface area contributed by atoms with E-state index in [1.165, 1.54) is 30.4 Å². The van der Waals surface area contributed by atoms with Crippen molar-refractivity contribution in [1.82, 2.24) is 5.32 Å². The molecule has 0 spiro atoms. The lowest BCUT2D eigenvalue weighted by molar-refractivity contribution is 0.464. The summed E-state index contributed by atoms with van der Waals surface area (Å²) in [5.41, 5.74) is 8.54. The molecule has 108 valence electrons. The fraction of sp³-hybridized carbons (Fsp3) is 0.647. The minimum absolute atomic E-state index is 0.188. The van der Waals surface area contributed by atoms with E-state index in [-0.39, 0.29) is 5.41 Å². The second-order valence-corrected chi connectivity index (χ2v) is 6.00. The van der Waals surface area contributed by atoms with Gasteiger partial charge in [-0.05, 0) is 43.5 Å². The molecule has 0 aliphatic heterocycles. The number of nitrogens with two attached hydrogens (primary N) is 1. The lowest BCUT2D eigenvalue weighted by Crippen LogP contribution is -2.33. The SMILES string of the molecule is CCCc1ccc(C(C)(C)CNCCCCN)cc1. The highest BCUT2D eigenvalue weighted by Gasteiger charge is 2.19. The van der Waals surface area contributed by atoms with Gasteiger partial charge in [-0.1, -0.05) is 51.5 Å². The maximum Gasteiger partial charge on any atom is 0.00431 e. The van der Waals surface area contributed by atoms with Crippen LogP contribution in [0.25, 0.3) is 0 Å². The monoisotopic (exact) mass is 262 g/mol. The Morgan fingerprint density at radius 1 is 1.11 bits per heavy atom. The Kier molecular flexibility index (Phi) is 7.11. The van der Waals surface area contributed by atoms with E-state index >= 15 is 0 Å². The summed E-state index contributed by atoms with van der Waals surface area (Å²) in [4.78, 5) is 0. The van der Waals surface area contributed by atoms with Crippen molar-refractivity contribution in [3.63, 3.8) is 0 Å². The van der Waals surface area contributed by atoms with E-state index in [2.05, 4.69) is 50.4 Å².